The fourth-order valence-corrected chi connectivity index (χ4v) is 13.5. The van der Waals surface area contributed by atoms with Crippen LogP contribution in [0.1, 0.15) is 52.7 Å². The predicted molar refractivity (Wildman–Crippen MR) is 435 cm³/mol. The van der Waals surface area contributed by atoms with E-state index in [1.165, 1.54) is 11.1 Å². The first-order valence-corrected chi connectivity index (χ1v) is 35.9. The molecule has 0 fully saturated rings. The molecule has 0 radical (unpaired) electrons. The molecule has 14 heteroatoms. The van der Waals surface area contributed by atoms with Crippen molar-refractivity contribution < 1.29 is 0 Å². The van der Waals surface area contributed by atoms with Crippen LogP contribution in [0.2, 0.25) is 0 Å². The van der Waals surface area contributed by atoms with E-state index < -0.39 is 0 Å². The van der Waals surface area contributed by atoms with Crippen molar-refractivity contribution in [1.29, 1.82) is 0 Å². The Morgan fingerprint density at radius 1 is 0.194 bits per heavy atom. The van der Waals surface area contributed by atoms with E-state index in [-0.39, 0.29) is 10.8 Å². The quantitative estimate of drug-likeness (QED) is 0.105. The van der Waals surface area contributed by atoms with Crippen molar-refractivity contribution in [3.05, 3.63) is 328 Å². The highest BCUT2D eigenvalue weighted by Gasteiger charge is 2.22. The zero-order valence-corrected chi connectivity index (χ0v) is 60.3. The van der Waals surface area contributed by atoms with Crippen LogP contribution in [0.15, 0.2) is 317 Å². The van der Waals surface area contributed by atoms with Gasteiger partial charge in [-0.3, -0.25) is 29.9 Å². The van der Waals surface area contributed by atoms with E-state index in [1.807, 2.05) is 104 Å². The van der Waals surface area contributed by atoms with Crippen LogP contribution in [0.25, 0.3) is 179 Å². The molecule has 18 aromatic rings. The number of nitrogens with zero attached hydrogens (tertiary/aromatic N) is 14. The third kappa shape index (κ3) is 14.2. The van der Waals surface area contributed by atoms with Crippen LogP contribution in [0.4, 0.5) is 0 Å². The highest BCUT2D eigenvalue weighted by molar-refractivity contribution is 6.05. The van der Waals surface area contributed by atoms with Crippen molar-refractivity contribution in [1.82, 2.24) is 69.8 Å². The second-order valence-electron chi connectivity index (χ2n) is 28.8. The fraction of sp³-hybridized carbons (Fsp3) is 0.0851. The molecule has 14 nitrogen and oxygen atoms in total. The second kappa shape index (κ2) is 28.6. The maximum absolute atomic E-state index is 5.27. The van der Waals surface area contributed by atoms with E-state index in [4.69, 9.17) is 49.8 Å². The van der Waals surface area contributed by atoms with Crippen molar-refractivity contribution in [2.24, 2.45) is 0 Å². The number of pyridine rings is 8. The van der Waals surface area contributed by atoms with Crippen molar-refractivity contribution in [3.63, 3.8) is 0 Å². The number of benzene rings is 8. The summed E-state index contributed by atoms with van der Waals surface area (Å²) in [6.07, 6.45) is 18.2. The van der Waals surface area contributed by atoms with Crippen LogP contribution in [0.5, 0.6) is 0 Å². The summed E-state index contributed by atoms with van der Waals surface area (Å²) in [6.45, 7) is 13.3. The van der Waals surface area contributed by atoms with Gasteiger partial charge < -0.3 is 0 Å². The molecule has 8 aromatic carbocycles. The van der Waals surface area contributed by atoms with Crippen LogP contribution >= 0.6 is 0 Å². The molecule has 18 rings (SSSR count). The minimum atomic E-state index is 0.0118. The zero-order valence-electron chi connectivity index (χ0n) is 60.3. The van der Waals surface area contributed by atoms with Crippen molar-refractivity contribution >= 4 is 43.6 Å². The van der Waals surface area contributed by atoms with Gasteiger partial charge in [-0.1, -0.05) is 193 Å². The van der Waals surface area contributed by atoms with E-state index in [0.29, 0.717) is 34.9 Å². The summed E-state index contributed by atoms with van der Waals surface area (Å²) in [6, 6.07) is 87.1. The lowest BCUT2D eigenvalue weighted by molar-refractivity contribution is 0.590. The first-order chi connectivity index (χ1) is 52.7. The largest absolute Gasteiger partial charge is 0.264 e. The number of aromatic nitrogens is 14. The summed E-state index contributed by atoms with van der Waals surface area (Å²) in [5.41, 5.74) is 22.6. The Kier molecular flexibility index (Phi) is 17.8. The Labute approximate surface area is 625 Å². The standard InChI is InChI=1S/C53H43N7.C41H27N7/c1-52(2,3)41-21-15-36(16-22-41)49-58-50(37-17-23-42(24-18-37)53(4,5)6)60-51(59-49)40-30-38(43-25-19-34-13-11-32-9-7-27-54-45(32)47(34)56-43)29-39(31-40)44-26-20-35-14-12-33-10-8-28-55-46(33)48(35)57-44;1-2-8-28(9-3-1)39-46-40(37-20-33(29-10-4-14-42-24-29)18-34(21-37)30-11-5-15-43-25-30)48-41(47-39)38-22-35(31-12-6-16-44-26-31)19-36(23-38)32-13-7-17-45-27-32/h7-31H,1-6H3;1-27H. The molecular weight excluding hydrogens is 1330 g/mol. The summed E-state index contributed by atoms with van der Waals surface area (Å²) in [7, 11) is 0. The zero-order chi connectivity index (χ0) is 73.3. The normalized spacial score (nSPS) is 11.6. The van der Waals surface area contributed by atoms with Crippen LogP contribution < -0.4 is 0 Å². The van der Waals surface area contributed by atoms with Gasteiger partial charge >= 0.3 is 0 Å². The highest BCUT2D eigenvalue weighted by Crippen LogP contribution is 2.40. The maximum atomic E-state index is 5.27. The summed E-state index contributed by atoms with van der Waals surface area (Å²) in [5.74, 6) is 3.46. The summed E-state index contributed by atoms with van der Waals surface area (Å²) < 4.78 is 0. The van der Waals surface area contributed by atoms with E-state index >= 15 is 0 Å². The molecule has 0 spiro atoms. The SMILES string of the molecule is CC(C)(C)c1ccc(-c2nc(-c3ccc(C(C)(C)C)cc3)nc(-c3cc(-c4ccc5ccc6cccnc6c5n4)cc(-c4ccc5ccc6cccnc6c5n4)c3)n2)cc1.c1ccc(-c2nc(-c3cc(-c4cccnc4)cc(-c4cccnc4)c3)nc(-c3cc(-c4cccnc4)cc(-c4cccnc4)c3)n2)cc1. The molecule has 0 amide bonds. The van der Waals surface area contributed by atoms with E-state index in [1.54, 1.807) is 24.8 Å². The number of rotatable bonds is 12. The molecule has 0 bridgehead atoms. The first kappa shape index (κ1) is 67.2. The van der Waals surface area contributed by atoms with Gasteiger partial charge in [-0.2, -0.15) is 0 Å². The summed E-state index contributed by atoms with van der Waals surface area (Å²) >= 11 is 0. The van der Waals surface area contributed by atoms with Gasteiger partial charge in [0.25, 0.3) is 0 Å². The Hall–Kier alpha value is -14.0. The van der Waals surface area contributed by atoms with Gasteiger partial charge in [0, 0.05) is 150 Å². The molecule has 0 saturated carbocycles. The summed E-state index contributed by atoms with van der Waals surface area (Å²) in [5, 5.41) is 4.14. The Balaban J connectivity index is 0.000000162. The van der Waals surface area contributed by atoms with Crippen molar-refractivity contribution in [2.75, 3.05) is 0 Å². The van der Waals surface area contributed by atoms with Crippen molar-refractivity contribution in [2.45, 2.75) is 52.4 Å². The fourth-order valence-electron chi connectivity index (χ4n) is 13.5. The number of fused-ring (bicyclic) bond motifs is 6. The van der Waals surface area contributed by atoms with Gasteiger partial charge in [0.2, 0.25) is 0 Å². The van der Waals surface area contributed by atoms with Crippen LogP contribution in [-0.4, -0.2) is 69.8 Å². The van der Waals surface area contributed by atoms with E-state index in [2.05, 4.69) is 250 Å². The van der Waals surface area contributed by atoms with E-state index in [9.17, 15) is 0 Å². The predicted octanol–water partition coefficient (Wildman–Crippen LogP) is 22.1. The number of hydrogen-bond donors (Lipinski definition) is 0. The third-order valence-corrected chi connectivity index (χ3v) is 19.3. The number of hydrogen-bond acceptors (Lipinski definition) is 14. The minimum Gasteiger partial charge on any atom is -0.264 e. The van der Waals surface area contributed by atoms with Gasteiger partial charge in [0.1, 0.15) is 0 Å². The molecule has 0 atom stereocenters. The Morgan fingerprint density at radius 3 is 0.787 bits per heavy atom. The van der Waals surface area contributed by atoms with Gasteiger partial charge in [0.05, 0.1) is 33.5 Å². The second-order valence-corrected chi connectivity index (χ2v) is 28.8. The highest BCUT2D eigenvalue weighted by atomic mass is 15.0. The van der Waals surface area contributed by atoms with E-state index in [0.717, 1.165) is 144 Å². The maximum Gasteiger partial charge on any atom is 0.164 e. The molecule has 108 heavy (non-hydrogen) atoms. The Morgan fingerprint density at radius 2 is 0.463 bits per heavy atom. The van der Waals surface area contributed by atoms with Crippen LogP contribution in [-0.2, 0) is 10.8 Å². The van der Waals surface area contributed by atoms with Gasteiger partial charge in [-0.05, 0) is 147 Å². The van der Waals surface area contributed by atoms with Crippen molar-refractivity contribution in [3.8, 4) is 135 Å². The van der Waals surface area contributed by atoms with Gasteiger partial charge in [-0.15, -0.1) is 0 Å². The van der Waals surface area contributed by atoms with Gasteiger partial charge in [0.15, 0.2) is 34.9 Å². The third-order valence-electron chi connectivity index (χ3n) is 19.3. The van der Waals surface area contributed by atoms with Gasteiger partial charge in [-0.25, -0.2) is 39.9 Å². The van der Waals surface area contributed by atoms with Crippen LogP contribution in [0.3, 0.4) is 0 Å². The average molecular weight is 1400 g/mol. The molecule has 0 N–H and O–H groups in total. The lowest BCUT2D eigenvalue weighted by Gasteiger charge is -2.19. The summed E-state index contributed by atoms with van der Waals surface area (Å²) in [4.78, 5) is 68.3. The first-order valence-electron chi connectivity index (χ1n) is 35.9. The average Bonchev–Trinajstić information content (AvgIpc) is 0.780. The molecule has 0 aliphatic heterocycles. The Bertz CT molecular complexity index is 5880. The molecule has 516 valence electrons. The molecule has 0 unspecified atom stereocenters. The minimum absolute atomic E-state index is 0.0118. The molecule has 0 aliphatic rings. The molecule has 0 saturated heterocycles. The molecule has 10 aromatic heterocycles. The monoisotopic (exact) mass is 1390 g/mol. The molecular formula is C94H70N14. The van der Waals surface area contributed by atoms with Crippen LogP contribution in [0, 0.1) is 0 Å². The lowest BCUT2D eigenvalue weighted by atomic mass is 9.86. The molecule has 10 heterocycles. The smallest absolute Gasteiger partial charge is 0.164 e. The topological polar surface area (TPSA) is 180 Å². The lowest BCUT2D eigenvalue weighted by Crippen LogP contribution is -2.10. The molecule has 0 aliphatic carbocycles.